The molecule has 1 aliphatic carbocycles. The zero-order valence-electron chi connectivity index (χ0n) is 14.8. The molecule has 0 bridgehead atoms. The van der Waals surface area contributed by atoms with Crippen LogP contribution in [0.15, 0.2) is 16.4 Å². The van der Waals surface area contributed by atoms with E-state index in [1.807, 2.05) is 6.21 Å². The minimum absolute atomic E-state index is 0.000958. The lowest BCUT2D eigenvalue weighted by molar-refractivity contribution is -0.118. The summed E-state index contributed by atoms with van der Waals surface area (Å²) in [4.78, 5) is 19.1. The molecule has 130 valence electrons. The lowest BCUT2D eigenvalue weighted by atomic mass is 10.2. The molecule has 0 radical (unpaired) electrons. The third-order valence-corrected chi connectivity index (χ3v) is 4.64. The highest BCUT2D eigenvalue weighted by atomic mass is 16.5. The van der Waals surface area contributed by atoms with E-state index >= 15 is 0 Å². The Labute approximate surface area is 140 Å². The number of ether oxygens (including phenoxy) is 1. The summed E-state index contributed by atoms with van der Waals surface area (Å²) < 4.78 is 6.13. The van der Waals surface area contributed by atoms with Crippen LogP contribution >= 0.6 is 0 Å². The fourth-order valence-corrected chi connectivity index (χ4v) is 2.99. The highest BCUT2D eigenvalue weighted by Crippen LogP contribution is 2.25. The first-order chi connectivity index (χ1) is 11.1. The van der Waals surface area contributed by atoms with Crippen LogP contribution in [0.1, 0.15) is 52.9 Å². The summed E-state index contributed by atoms with van der Waals surface area (Å²) in [5.74, 6) is 0.506. The van der Waals surface area contributed by atoms with Crippen molar-refractivity contribution in [2.75, 3.05) is 26.2 Å². The van der Waals surface area contributed by atoms with Gasteiger partial charge in [-0.2, -0.15) is 0 Å². The third kappa shape index (κ3) is 5.34. The van der Waals surface area contributed by atoms with Crippen molar-refractivity contribution in [2.24, 2.45) is 4.99 Å². The number of rotatable bonds is 7. The zero-order chi connectivity index (χ0) is 16.7. The molecule has 0 spiro atoms. The van der Waals surface area contributed by atoms with Gasteiger partial charge in [-0.3, -0.25) is 9.79 Å². The second kappa shape index (κ2) is 9.06. The van der Waals surface area contributed by atoms with Crippen molar-refractivity contribution in [2.45, 2.75) is 65.0 Å². The van der Waals surface area contributed by atoms with Crippen LogP contribution in [0.25, 0.3) is 0 Å². The van der Waals surface area contributed by atoms with Gasteiger partial charge in [-0.25, -0.2) is 0 Å². The lowest BCUT2D eigenvalue weighted by Gasteiger charge is -2.31. The smallest absolute Gasteiger partial charge is 0.196 e. The molecule has 1 aliphatic heterocycles. The summed E-state index contributed by atoms with van der Waals surface area (Å²) in [5, 5.41) is 3.35. The van der Waals surface area contributed by atoms with Crippen LogP contribution in [0.4, 0.5) is 0 Å². The Kier molecular flexibility index (Phi) is 7.09. The van der Waals surface area contributed by atoms with Crippen LogP contribution in [-0.2, 0) is 9.53 Å². The van der Waals surface area contributed by atoms with Gasteiger partial charge in [0.05, 0.1) is 6.10 Å². The quantitative estimate of drug-likeness (QED) is 0.445. The SMILES string of the molecule is CCC(C)/N=C\C(=C(\OC1CCCC1)C(C)=O)N1CCNCC1. The van der Waals surface area contributed by atoms with Crippen molar-refractivity contribution in [3.05, 3.63) is 11.5 Å². The first-order valence-electron chi connectivity index (χ1n) is 9.02. The largest absolute Gasteiger partial charge is 0.485 e. The number of allylic oxidation sites excluding steroid dienone is 2. The average Bonchev–Trinajstić information content (AvgIpc) is 3.07. The predicted octanol–water partition coefficient (Wildman–Crippen LogP) is 2.52. The van der Waals surface area contributed by atoms with Crippen molar-refractivity contribution in [3.63, 3.8) is 0 Å². The summed E-state index contributed by atoms with van der Waals surface area (Å²) >= 11 is 0. The monoisotopic (exact) mass is 321 g/mol. The zero-order valence-corrected chi connectivity index (χ0v) is 14.8. The second-order valence-electron chi connectivity index (χ2n) is 6.57. The molecule has 2 aliphatic rings. The summed E-state index contributed by atoms with van der Waals surface area (Å²) in [7, 11) is 0. The molecule has 23 heavy (non-hydrogen) atoms. The number of hydrogen-bond donors (Lipinski definition) is 1. The topological polar surface area (TPSA) is 53.9 Å². The highest BCUT2D eigenvalue weighted by Gasteiger charge is 2.25. The van der Waals surface area contributed by atoms with Crippen molar-refractivity contribution >= 4 is 12.0 Å². The Bertz CT molecular complexity index is 447. The number of carbonyl (C=O) groups excluding carboxylic acids is 1. The molecule has 1 N–H and O–H groups in total. The molecule has 1 unspecified atom stereocenters. The molecule has 2 rings (SSSR count). The van der Waals surface area contributed by atoms with E-state index in [4.69, 9.17) is 4.74 Å². The van der Waals surface area contributed by atoms with Gasteiger partial charge in [0, 0.05) is 45.4 Å². The number of nitrogens with zero attached hydrogens (tertiary/aromatic N) is 2. The second-order valence-corrected chi connectivity index (χ2v) is 6.57. The van der Waals surface area contributed by atoms with E-state index in [1.165, 1.54) is 12.8 Å². The molecular weight excluding hydrogens is 290 g/mol. The number of aliphatic imine (C=N–C) groups is 1. The van der Waals surface area contributed by atoms with E-state index in [2.05, 4.69) is 29.1 Å². The van der Waals surface area contributed by atoms with Crippen LogP contribution in [-0.4, -0.2) is 55.2 Å². The summed E-state index contributed by atoms with van der Waals surface area (Å²) in [6.45, 7) is 9.43. The number of nitrogens with one attached hydrogen (secondary N) is 1. The molecular formula is C18H31N3O2. The minimum Gasteiger partial charge on any atom is -0.485 e. The molecule has 0 amide bonds. The van der Waals surface area contributed by atoms with Crippen LogP contribution in [0.2, 0.25) is 0 Å². The van der Waals surface area contributed by atoms with Crippen LogP contribution in [0.3, 0.4) is 0 Å². The van der Waals surface area contributed by atoms with Crippen LogP contribution in [0, 0.1) is 0 Å². The Morgan fingerprint density at radius 3 is 2.57 bits per heavy atom. The van der Waals surface area contributed by atoms with E-state index < -0.39 is 0 Å². The van der Waals surface area contributed by atoms with Gasteiger partial charge in [0.1, 0.15) is 5.70 Å². The molecule has 0 aromatic heterocycles. The van der Waals surface area contributed by atoms with Crippen LogP contribution < -0.4 is 5.32 Å². The van der Waals surface area contributed by atoms with Crippen molar-refractivity contribution < 1.29 is 9.53 Å². The number of hydrogen-bond acceptors (Lipinski definition) is 5. The van der Waals surface area contributed by atoms with E-state index in [0.29, 0.717) is 5.76 Å². The Morgan fingerprint density at radius 1 is 1.35 bits per heavy atom. The Hall–Kier alpha value is -1.36. The lowest BCUT2D eigenvalue weighted by Crippen LogP contribution is -2.44. The van der Waals surface area contributed by atoms with E-state index in [9.17, 15) is 4.79 Å². The Morgan fingerprint density at radius 2 is 2.00 bits per heavy atom. The molecule has 1 heterocycles. The molecule has 5 nitrogen and oxygen atoms in total. The fourth-order valence-electron chi connectivity index (χ4n) is 2.99. The fraction of sp³-hybridized carbons (Fsp3) is 0.778. The average molecular weight is 321 g/mol. The van der Waals surface area contributed by atoms with Gasteiger partial charge in [-0.1, -0.05) is 6.92 Å². The highest BCUT2D eigenvalue weighted by molar-refractivity contribution is 5.97. The molecule has 0 aromatic carbocycles. The number of Topliss-reactive ketones (excluding diaryl/α,β-unsaturated/α-hetero) is 1. The first-order valence-corrected chi connectivity index (χ1v) is 9.02. The van der Waals surface area contributed by atoms with Gasteiger partial charge in [-0.15, -0.1) is 0 Å². The number of piperazine rings is 1. The van der Waals surface area contributed by atoms with Gasteiger partial charge >= 0.3 is 0 Å². The number of carbonyl (C=O) groups is 1. The maximum atomic E-state index is 12.2. The van der Waals surface area contributed by atoms with Gasteiger partial charge in [0.15, 0.2) is 11.5 Å². The number of ketones is 1. The van der Waals surface area contributed by atoms with Gasteiger partial charge in [0.25, 0.3) is 0 Å². The summed E-state index contributed by atoms with van der Waals surface area (Å²) in [6.07, 6.45) is 7.53. The van der Waals surface area contributed by atoms with Crippen molar-refractivity contribution in [1.29, 1.82) is 0 Å². The predicted molar refractivity (Wildman–Crippen MR) is 93.7 cm³/mol. The maximum absolute atomic E-state index is 12.2. The van der Waals surface area contributed by atoms with Gasteiger partial charge < -0.3 is 15.0 Å². The summed E-state index contributed by atoms with van der Waals surface area (Å²) in [5.41, 5.74) is 0.867. The molecule has 1 atom stereocenters. The molecule has 5 heteroatoms. The minimum atomic E-state index is 0.000958. The first kappa shape index (κ1) is 18.0. The van der Waals surface area contributed by atoms with E-state index in [0.717, 1.165) is 51.1 Å². The molecule has 1 saturated carbocycles. The maximum Gasteiger partial charge on any atom is 0.196 e. The van der Waals surface area contributed by atoms with E-state index in [-0.39, 0.29) is 17.9 Å². The summed E-state index contributed by atoms with van der Waals surface area (Å²) in [6, 6.07) is 0.257. The van der Waals surface area contributed by atoms with Crippen LogP contribution in [0.5, 0.6) is 0 Å². The standard InChI is InChI=1S/C18H31N3O2/c1-4-14(2)20-13-17(21-11-9-19-10-12-21)18(15(3)22)23-16-7-5-6-8-16/h13-14,16,19H,4-12H2,1-3H3/b18-17-,20-13-. The van der Waals surface area contributed by atoms with E-state index in [1.54, 1.807) is 6.92 Å². The van der Waals surface area contributed by atoms with Crippen molar-refractivity contribution in [3.8, 4) is 0 Å². The van der Waals surface area contributed by atoms with Gasteiger partial charge in [-0.05, 0) is 39.0 Å². The third-order valence-electron chi connectivity index (χ3n) is 4.64. The molecule has 1 saturated heterocycles. The molecule has 0 aromatic rings. The normalized spacial score (nSPS) is 22.3. The molecule has 2 fully saturated rings. The van der Waals surface area contributed by atoms with Crippen molar-refractivity contribution in [1.82, 2.24) is 10.2 Å². The van der Waals surface area contributed by atoms with Gasteiger partial charge in [0.2, 0.25) is 0 Å². The Balaban J connectivity index is 2.27.